The fraction of sp³-hybridized carbons (Fsp3) is 0.143. The molecule has 0 atom stereocenters. The van der Waals surface area contributed by atoms with Crippen molar-refractivity contribution in [1.82, 2.24) is 0 Å². The van der Waals surface area contributed by atoms with Gasteiger partial charge in [0.15, 0.2) is 23.3 Å². The summed E-state index contributed by atoms with van der Waals surface area (Å²) in [6.07, 6.45) is -0.987. The minimum absolute atomic E-state index is 0.493. The van der Waals surface area contributed by atoms with Gasteiger partial charge in [0.2, 0.25) is 0 Å². The lowest BCUT2D eigenvalue weighted by Crippen LogP contribution is -2.05. The summed E-state index contributed by atoms with van der Waals surface area (Å²) in [5.41, 5.74) is -1.26. The van der Waals surface area contributed by atoms with Crippen LogP contribution in [0.2, 0.25) is 0 Å². The average molecular weight is 290 g/mol. The third-order valence-corrected chi connectivity index (χ3v) is 2.90. The fourth-order valence-electron chi connectivity index (χ4n) is 1.85. The maximum atomic E-state index is 13.4. The van der Waals surface area contributed by atoms with Crippen LogP contribution in [0.1, 0.15) is 11.1 Å². The number of hydrogen-bond acceptors (Lipinski definition) is 0. The monoisotopic (exact) mass is 290 g/mol. The molecule has 0 aliphatic heterocycles. The molecule has 0 aliphatic carbocycles. The summed E-state index contributed by atoms with van der Waals surface area (Å²) in [6.45, 7) is 0. The van der Waals surface area contributed by atoms with E-state index in [0.29, 0.717) is 24.3 Å². The molecule has 6 heteroatoms. The van der Waals surface area contributed by atoms with Gasteiger partial charge in [-0.2, -0.15) is 0 Å². The van der Waals surface area contributed by atoms with E-state index in [4.69, 9.17) is 0 Å². The fourth-order valence-corrected chi connectivity index (χ4v) is 1.85. The number of rotatable bonds is 3. The van der Waals surface area contributed by atoms with E-state index in [2.05, 4.69) is 0 Å². The Hall–Kier alpha value is -1.98. The third-order valence-electron chi connectivity index (χ3n) is 2.90. The van der Waals surface area contributed by atoms with Gasteiger partial charge in [-0.25, -0.2) is 26.3 Å². The zero-order chi connectivity index (χ0) is 14.9. The summed E-state index contributed by atoms with van der Waals surface area (Å²) < 4.78 is 79.3. The molecule has 2 aromatic rings. The van der Waals surface area contributed by atoms with E-state index in [1.54, 1.807) is 0 Å². The molecule has 0 aromatic heterocycles. The van der Waals surface area contributed by atoms with E-state index in [1.165, 1.54) is 0 Å². The predicted molar refractivity (Wildman–Crippen MR) is 60.0 cm³/mol. The SMILES string of the molecule is Fc1ccc(F)c(CCc2c(F)ccc(F)c2F)c1F. The van der Waals surface area contributed by atoms with Crippen molar-refractivity contribution in [2.24, 2.45) is 0 Å². The molecule has 0 amide bonds. The van der Waals surface area contributed by atoms with Gasteiger partial charge in [0.05, 0.1) is 0 Å². The molecule has 0 fully saturated rings. The lowest BCUT2D eigenvalue weighted by molar-refractivity contribution is 0.468. The van der Waals surface area contributed by atoms with Crippen molar-refractivity contribution in [2.75, 3.05) is 0 Å². The van der Waals surface area contributed by atoms with Gasteiger partial charge >= 0.3 is 0 Å². The summed E-state index contributed by atoms with van der Waals surface area (Å²) >= 11 is 0. The highest BCUT2D eigenvalue weighted by atomic mass is 19.2. The van der Waals surface area contributed by atoms with Crippen molar-refractivity contribution in [2.45, 2.75) is 12.8 Å². The summed E-state index contributed by atoms with van der Waals surface area (Å²) in [6, 6.07) is 2.65. The molecule has 20 heavy (non-hydrogen) atoms. The minimum Gasteiger partial charge on any atom is -0.207 e. The van der Waals surface area contributed by atoms with E-state index in [1.807, 2.05) is 0 Å². The minimum atomic E-state index is -1.41. The molecule has 0 bridgehead atoms. The van der Waals surface area contributed by atoms with Crippen LogP contribution in [0.15, 0.2) is 24.3 Å². The van der Waals surface area contributed by atoms with Crippen LogP contribution in [0, 0.1) is 34.9 Å². The third kappa shape index (κ3) is 2.64. The molecule has 0 heterocycles. The Morgan fingerprint density at radius 1 is 0.500 bits per heavy atom. The average Bonchev–Trinajstić information content (AvgIpc) is 2.42. The van der Waals surface area contributed by atoms with Gasteiger partial charge in [0, 0.05) is 11.1 Å². The zero-order valence-corrected chi connectivity index (χ0v) is 9.99. The Labute approximate surface area is 110 Å². The Morgan fingerprint density at radius 3 is 1.15 bits per heavy atom. The predicted octanol–water partition coefficient (Wildman–Crippen LogP) is 4.31. The summed E-state index contributed by atoms with van der Waals surface area (Å²) in [7, 11) is 0. The highest BCUT2D eigenvalue weighted by Crippen LogP contribution is 2.21. The highest BCUT2D eigenvalue weighted by molar-refractivity contribution is 5.26. The first-order chi connectivity index (χ1) is 9.41. The Kier molecular flexibility index (Phi) is 4.01. The summed E-state index contributed by atoms with van der Waals surface area (Å²) in [5.74, 6) is -7.41. The van der Waals surface area contributed by atoms with Crippen LogP contribution in [0.5, 0.6) is 0 Å². The molecule has 0 saturated heterocycles. The summed E-state index contributed by atoms with van der Waals surface area (Å²) in [5, 5.41) is 0. The van der Waals surface area contributed by atoms with Gasteiger partial charge in [-0.05, 0) is 37.1 Å². The first-order valence-corrected chi connectivity index (χ1v) is 5.66. The van der Waals surface area contributed by atoms with Gasteiger partial charge in [-0.3, -0.25) is 0 Å². The maximum absolute atomic E-state index is 13.4. The Balaban J connectivity index is 2.31. The number of halogens is 6. The largest absolute Gasteiger partial charge is 0.207 e. The standard InChI is InChI=1S/C14H8F6/c15-9-3-5-11(17)13(19)7(9)1-2-8-10(16)4-6-12(18)14(8)20/h3-6H,1-2H2. The van der Waals surface area contributed by atoms with E-state index >= 15 is 0 Å². The summed E-state index contributed by atoms with van der Waals surface area (Å²) in [4.78, 5) is 0. The van der Waals surface area contributed by atoms with Crippen LogP contribution in [-0.4, -0.2) is 0 Å². The molecule has 106 valence electrons. The quantitative estimate of drug-likeness (QED) is 0.584. The van der Waals surface area contributed by atoms with E-state index in [0.717, 1.165) is 0 Å². The number of hydrogen-bond donors (Lipinski definition) is 0. The van der Waals surface area contributed by atoms with Gasteiger partial charge in [0.25, 0.3) is 0 Å². The first kappa shape index (κ1) is 14.4. The van der Waals surface area contributed by atoms with E-state index < -0.39 is 58.9 Å². The van der Waals surface area contributed by atoms with Crippen molar-refractivity contribution in [3.63, 3.8) is 0 Å². The normalized spacial score (nSPS) is 10.9. The number of benzene rings is 2. The molecule has 0 saturated carbocycles. The van der Waals surface area contributed by atoms with Crippen molar-refractivity contribution in [3.8, 4) is 0 Å². The molecule has 2 rings (SSSR count). The molecule has 0 nitrogen and oxygen atoms in total. The second-order valence-electron chi connectivity index (χ2n) is 4.14. The van der Waals surface area contributed by atoms with Crippen molar-refractivity contribution >= 4 is 0 Å². The van der Waals surface area contributed by atoms with Crippen LogP contribution < -0.4 is 0 Å². The molecule has 0 radical (unpaired) electrons. The van der Waals surface area contributed by atoms with Crippen LogP contribution in [-0.2, 0) is 12.8 Å². The van der Waals surface area contributed by atoms with Gasteiger partial charge in [0.1, 0.15) is 11.6 Å². The molecule has 0 N–H and O–H groups in total. The molecule has 0 unspecified atom stereocenters. The topological polar surface area (TPSA) is 0 Å². The van der Waals surface area contributed by atoms with Gasteiger partial charge < -0.3 is 0 Å². The molecular weight excluding hydrogens is 282 g/mol. The lowest BCUT2D eigenvalue weighted by atomic mass is 10.0. The Bertz CT molecular complexity index is 593. The first-order valence-electron chi connectivity index (χ1n) is 5.66. The van der Waals surface area contributed by atoms with Crippen molar-refractivity contribution in [1.29, 1.82) is 0 Å². The Morgan fingerprint density at radius 2 is 0.800 bits per heavy atom. The van der Waals surface area contributed by atoms with Crippen LogP contribution >= 0.6 is 0 Å². The van der Waals surface area contributed by atoms with Crippen LogP contribution in [0.25, 0.3) is 0 Å². The van der Waals surface area contributed by atoms with Crippen LogP contribution in [0.3, 0.4) is 0 Å². The second kappa shape index (κ2) is 5.56. The van der Waals surface area contributed by atoms with Gasteiger partial charge in [-0.1, -0.05) is 0 Å². The second-order valence-corrected chi connectivity index (χ2v) is 4.14. The van der Waals surface area contributed by atoms with E-state index in [-0.39, 0.29) is 0 Å². The maximum Gasteiger partial charge on any atom is 0.164 e. The molecular formula is C14H8F6. The zero-order valence-electron chi connectivity index (χ0n) is 9.99. The van der Waals surface area contributed by atoms with Crippen LogP contribution in [0.4, 0.5) is 26.3 Å². The smallest absolute Gasteiger partial charge is 0.164 e. The molecule has 0 spiro atoms. The van der Waals surface area contributed by atoms with Gasteiger partial charge in [-0.15, -0.1) is 0 Å². The van der Waals surface area contributed by atoms with E-state index in [9.17, 15) is 26.3 Å². The molecule has 2 aromatic carbocycles. The lowest BCUT2D eigenvalue weighted by Gasteiger charge is -2.08. The molecule has 0 aliphatic rings. The van der Waals surface area contributed by atoms with Crippen molar-refractivity contribution in [3.05, 3.63) is 70.3 Å². The highest BCUT2D eigenvalue weighted by Gasteiger charge is 2.17. The van der Waals surface area contributed by atoms with Crippen molar-refractivity contribution < 1.29 is 26.3 Å².